The second kappa shape index (κ2) is 20.0. The van der Waals surface area contributed by atoms with Crippen molar-refractivity contribution in [1.82, 2.24) is 5.32 Å². The first-order valence-corrected chi connectivity index (χ1v) is 23.5. The van der Waals surface area contributed by atoms with Gasteiger partial charge in [0.2, 0.25) is 0 Å². The van der Waals surface area contributed by atoms with E-state index in [1.54, 1.807) is 25.1 Å². The van der Waals surface area contributed by atoms with Gasteiger partial charge in [-0.15, -0.1) is 0 Å². The predicted molar refractivity (Wildman–Crippen MR) is 237 cm³/mol. The van der Waals surface area contributed by atoms with Crippen LogP contribution in [0.25, 0.3) is 5.57 Å². The third kappa shape index (κ3) is 12.9. The highest BCUT2D eigenvalue weighted by Gasteiger charge is 2.58. The van der Waals surface area contributed by atoms with E-state index < -0.39 is 38.0 Å². The number of hydrogen-bond acceptors (Lipinski definition) is 4. The molecule has 59 heavy (non-hydrogen) atoms. The predicted octanol–water partition coefficient (Wildman–Crippen LogP) is 14.8. The maximum atomic E-state index is 14.1. The minimum atomic E-state index is -4.57. The van der Waals surface area contributed by atoms with Gasteiger partial charge in [0, 0.05) is 23.9 Å². The maximum Gasteiger partial charge on any atom is 0.416 e. The van der Waals surface area contributed by atoms with E-state index in [1.807, 2.05) is 31.2 Å². The molecule has 4 aromatic rings. The van der Waals surface area contributed by atoms with E-state index in [0.29, 0.717) is 28.0 Å². The zero-order valence-electron chi connectivity index (χ0n) is 31.9. The summed E-state index contributed by atoms with van der Waals surface area (Å²) in [4.78, 5) is 4.95. The van der Waals surface area contributed by atoms with E-state index in [-0.39, 0.29) is 47.7 Å². The molecule has 0 bridgehead atoms. The molecule has 1 aliphatic heterocycles. The molecule has 0 fully saturated rings. The highest BCUT2D eigenvalue weighted by molar-refractivity contribution is 7.80. The number of nitriles is 2. The normalized spacial score (nSPS) is 15.1. The first-order valence-electron chi connectivity index (χ1n) is 17.1. The van der Waals surface area contributed by atoms with Crippen molar-refractivity contribution in [1.29, 1.82) is 10.5 Å². The summed E-state index contributed by atoms with van der Waals surface area (Å²) in [5.41, 5.74) is 1.20. The van der Waals surface area contributed by atoms with Crippen molar-refractivity contribution in [2.24, 2.45) is 4.99 Å². The van der Waals surface area contributed by atoms with Crippen molar-refractivity contribution in [2.75, 3.05) is 12.7 Å². The minimum Gasteiger partial charge on any atom is -0.379 e. The van der Waals surface area contributed by atoms with Gasteiger partial charge in [-0.05, 0) is 90.2 Å². The lowest BCUT2D eigenvalue weighted by molar-refractivity contribution is -0.183. The Kier molecular flexibility index (Phi) is 17.0. The fourth-order valence-corrected chi connectivity index (χ4v) is 7.67. The summed E-state index contributed by atoms with van der Waals surface area (Å²) >= 11 is 39.9. The Labute approximate surface area is 375 Å². The Balaban J connectivity index is 0.000000252. The molecule has 0 amide bonds. The summed E-state index contributed by atoms with van der Waals surface area (Å²) in [6.45, 7) is 13.0. The fourth-order valence-electron chi connectivity index (χ4n) is 5.44. The van der Waals surface area contributed by atoms with Crippen LogP contribution in [0.15, 0.2) is 72.2 Å². The summed E-state index contributed by atoms with van der Waals surface area (Å²) in [6, 6.07) is 19.3. The molecule has 1 N–H and O–H groups in total. The van der Waals surface area contributed by atoms with Crippen LogP contribution in [0.3, 0.4) is 0 Å². The Morgan fingerprint density at radius 1 is 0.780 bits per heavy atom. The number of allylic oxidation sites excluding steroid dienone is 1. The number of aliphatic imine (C=N–C) groups is 1. The van der Waals surface area contributed by atoms with Gasteiger partial charge in [0.1, 0.15) is 10.4 Å². The molecular formula is C41H34Cl6F6N4SSi. The van der Waals surface area contributed by atoms with Crippen LogP contribution < -0.4 is 5.32 Å². The number of benzene rings is 4. The van der Waals surface area contributed by atoms with Gasteiger partial charge in [-0.1, -0.05) is 120 Å². The average molecular weight is 970 g/mol. The highest BCUT2D eigenvalue weighted by atomic mass is 35.5. The lowest BCUT2D eigenvalue weighted by Gasteiger charge is -2.32. The molecule has 5 rings (SSSR count). The number of aryl methyl sites for hydroxylation is 2. The third-order valence-corrected chi connectivity index (χ3v) is 12.8. The molecule has 1 heterocycles. The molecule has 0 saturated carbocycles. The Bertz CT molecular complexity index is 2340. The lowest BCUT2D eigenvalue weighted by atomic mass is 9.76. The molecule has 0 saturated heterocycles. The maximum absolute atomic E-state index is 14.1. The summed E-state index contributed by atoms with van der Waals surface area (Å²) in [5.74, 6) is 0. The largest absolute Gasteiger partial charge is 0.416 e. The molecule has 4 aromatic carbocycles. The van der Waals surface area contributed by atoms with Crippen LogP contribution in [0.4, 0.5) is 26.3 Å². The quantitative estimate of drug-likeness (QED) is 0.0904. The van der Waals surface area contributed by atoms with Gasteiger partial charge in [-0.2, -0.15) is 36.9 Å². The van der Waals surface area contributed by atoms with E-state index in [1.165, 1.54) is 12.1 Å². The van der Waals surface area contributed by atoms with Crippen LogP contribution in [-0.4, -0.2) is 43.8 Å². The highest BCUT2D eigenvalue weighted by Crippen LogP contribution is 2.50. The topological polar surface area (TPSA) is 72.0 Å². The summed E-state index contributed by atoms with van der Waals surface area (Å²) < 4.78 is 79.2. The van der Waals surface area contributed by atoms with Crippen LogP contribution in [0.1, 0.15) is 50.9 Å². The monoisotopic (exact) mass is 966 g/mol. The van der Waals surface area contributed by atoms with Crippen LogP contribution in [-0.2, 0) is 5.41 Å². The molecular weight excluding hydrogens is 935 g/mol. The van der Waals surface area contributed by atoms with Crippen molar-refractivity contribution in [2.45, 2.75) is 57.7 Å². The Morgan fingerprint density at radius 2 is 1.25 bits per heavy atom. The van der Waals surface area contributed by atoms with Gasteiger partial charge in [-0.25, -0.2) is 0 Å². The SMILES string of the molecule is C=C(c1cc(Cl)c(Cl)c(Cl)c1)C(F)(F)F.Cc1cc(C(=S)NC[Si](C)(C)C)ccc1C#N.Cc1cc(C2=NCC(c3cc(Cl)c(Cl)c(Cl)c3)(C(F)(F)F)C2)ccc1C#N. The number of hydrogen-bond donors (Lipinski definition) is 1. The van der Waals surface area contributed by atoms with Gasteiger partial charge in [0.15, 0.2) is 0 Å². The second-order valence-corrected chi connectivity index (χ2v) is 22.8. The van der Waals surface area contributed by atoms with Crippen LogP contribution in [0, 0.1) is 36.5 Å². The number of nitrogens with zero attached hydrogens (tertiary/aromatic N) is 3. The van der Waals surface area contributed by atoms with E-state index in [0.717, 1.165) is 34.4 Å². The average Bonchev–Trinajstić information content (AvgIpc) is 3.62. The number of nitrogens with one attached hydrogen (secondary N) is 1. The summed E-state index contributed by atoms with van der Waals surface area (Å²) in [5, 5.41) is 21.1. The van der Waals surface area contributed by atoms with Gasteiger partial charge in [0.25, 0.3) is 0 Å². The fraction of sp³-hybridized carbons (Fsp3) is 0.268. The van der Waals surface area contributed by atoms with Crippen LogP contribution >= 0.6 is 81.8 Å². The number of alkyl halides is 6. The van der Waals surface area contributed by atoms with Crippen molar-refractivity contribution in [3.05, 3.63) is 142 Å². The first-order chi connectivity index (χ1) is 27.1. The van der Waals surface area contributed by atoms with Gasteiger partial charge in [0.05, 0.1) is 73.6 Å². The number of thiocarbonyl (C=S) groups is 1. The van der Waals surface area contributed by atoms with Gasteiger partial charge < -0.3 is 5.32 Å². The van der Waals surface area contributed by atoms with E-state index in [4.69, 9.17) is 92.3 Å². The molecule has 4 nitrogen and oxygen atoms in total. The summed E-state index contributed by atoms with van der Waals surface area (Å²) in [6.07, 6.45) is -8.46. The first kappa shape index (κ1) is 50.1. The molecule has 0 aliphatic carbocycles. The van der Waals surface area contributed by atoms with E-state index in [9.17, 15) is 26.3 Å². The second-order valence-electron chi connectivity index (χ2n) is 14.5. The molecule has 0 radical (unpaired) electrons. The third-order valence-electron chi connectivity index (χ3n) is 8.83. The molecule has 1 atom stereocenters. The molecule has 18 heteroatoms. The molecule has 312 valence electrons. The molecule has 0 aromatic heterocycles. The number of rotatable bonds is 6. The lowest BCUT2D eigenvalue weighted by Crippen LogP contribution is -2.43. The van der Waals surface area contributed by atoms with Crippen molar-refractivity contribution < 1.29 is 26.3 Å². The van der Waals surface area contributed by atoms with E-state index >= 15 is 0 Å². The van der Waals surface area contributed by atoms with Crippen LogP contribution in [0.5, 0.6) is 0 Å². The van der Waals surface area contributed by atoms with Gasteiger partial charge in [-0.3, -0.25) is 4.99 Å². The molecule has 1 aliphatic rings. The van der Waals surface area contributed by atoms with E-state index in [2.05, 4.69) is 42.6 Å². The summed E-state index contributed by atoms with van der Waals surface area (Å²) in [7, 11) is -1.14. The standard InChI is InChI=1S/C19H12Cl3F3N2.C13H18N2SSi.C9H4Cl3F3/c1-10-4-11(2-3-12(10)8-26)16-7-18(9-27-16,19(23,24)25)13-5-14(20)17(22)15(21)6-13;1-10-7-11(5-6-12(10)8-14)13(16)15-9-17(2,3)4;1-4(9(13,14)15)5-2-6(10)8(12)7(11)3-5/h2-6H,7,9H2,1H3;5-7H,9H2,1-4H3,(H,15,16);2-3H,1H2. The van der Waals surface area contributed by atoms with Crippen molar-refractivity contribution in [3.63, 3.8) is 0 Å². The number of halogens is 12. The zero-order chi connectivity index (χ0) is 44.8. The molecule has 0 spiro atoms. The smallest absolute Gasteiger partial charge is 0.379 e. The Morgan fingerprint density at radius 3 is 1.68 bits per heavy atom. The minimum absolute atomic E-state index is 0.0151. The molecule has 1 unspecified atom stereocenters. The van der Waals surface area contributed by atoms with Crippen molar-refractivity contribution in [3.8, 4) is 12.1 Å². The zero-order valence-corrected chi connectivity index (χ0v) is 38.2. The Hall–Kier alpha value is -3.30. The van der Waals surface area contributed by atoms with Crippen molar-refractivity contribution >= 4 is 106 Å². The van der Waals surface area contributed by atoms with Gasteiger partial charge >= 0.3 is 12.4 Å². The van der Waals surface area contributed by atoms with Crippen LogP contribution in [0.2, 0.25) is 49.8 Å².